The van der Waals surface area contributed by atoms with Crippen molar-refractivity contribution < 1.29 is 23.9 Å². The zero-order valence-corrected chi connectivity index (χ0v) is 14.2. The van der Waals surface area contributed by atoms with Crippen LogP contribution in [-0.2, 0) is 23.9 Å². The van der Waals surface area contributed by atoms with Gasteiger partial charge in [0.05, 0.1) is 13.2 Å². The van der Waals surface area contributed by atoms with Gasteiger partial charge in [-0.3, -0.25) is 14.4 Å². The maximum atomic E-state index is 12.1. The molecule has 0 aromatic heterocycles. The summed E-state index contributed by atoms with van der Waals surface area (Å²) in [6.45, 7) is 5.73. The number of ketones is 1. The minimum absolute atomic E-state index is 0.138. The van der Waals surface area contributed by atoms with Crippen molar-refractivity contribution in [2.75, 3.05) is 13.2 Å². The summed E-state index contributed by atoms with van der Waals surface area (Å²) in [6, 6.07) is 0. The Kier molecular flexibility index (Phi) is 12.4. The Morgan fingerprint density at radius 2 is 1.18 bits per heavy atom. The van der Waals surface area contributed by atoms with E-state index in [4.69, 9.17) is 9.47 Å². The molecule has 0 aromatic rings. The van der Waals surface area contributed by atoms with Crippen LogP contribution in [0.15, 0.2) is 0 Å². The van der Waals surface area contributed by atoms with Gasteiger partial charge in [0.25, 0.3) is 0 Å². The molecule has 0 aliphatic rings. The molecule has 22 heavy (non-hydrogen) atoms. The van der Waals surface area contributed by atoms with Crippen molar-refractivity contribution in [2.45, 2.75) is 72.1 Å². The van der Waals surface area contributed by atoms with Crippen LogP contribution in [-0.4, -0.2) is 30.9 Å². The molecule has 0 spiro atoms. The maximum Gasteiger partial charge on any atom is 0.328 e. The first kappa shape index (κ1) is 20.6. The second-order valence-corrected chi connectivity index (χ2v) is 5.27. The SMILES string of the molecule is CCCCCCCCCC(=O)C(C(=O)OCC)C(=O)OCC. The van der Waals surface area contributed by atoms with Gasteiger partial charge in [-0.05, 0) is 20.3 Å². The Hall–Kier alpha value is -1.39. The molecular weight excluding hydrogens is 284 g/mol. The minimum Gasteiger partial charge on any atom is -0.465 e. The molecule has 5 nitrogen and oxygen atoms in total. The van der Waals surface area contributed by atoms with Crippen molar-refractivity contribution >= 4 is 17.7 Å². The van der Waals surface area contributed by atoms with E-state index in [9.17, 15) is 14.4 Å². The van der Waals surface area contributed by atoms with E-state index in [1.807, 2.05) is 0 Å². The van der Waals surface area contributed by atoms with Gasteiger partial charge in [-0.15, -0.1) is 0 Å². The molecule has 0 rings (SSSR count). The summed E-state index contributed by atoms with van der Waals surface area (Å²) in [4.78, 5) is 35.6. The zero-order chi connectivity index (χ0) is 16.8. The van der Waals surface area contributed by atoms with Gasteiger partial charge in [0, 0.05) is 6.42 Å². The number of unbranched alkanes of at least 4 members (excludes halogenated alkanes) is 6. The third-order valence-electron chi connectivity index (χ3n) is 3.39. The number of ether oxygens (including phenoxy) is 2. The van der Waals surface area contributed by atoms with Crippen LogP contribution < -0.4 is 0 Å². The van der Waals surface area contributed by atoms with E-state index < -0.39 is 23.6 Å². The molecule has 0 heterocycles. The quantitative estimate of drug-likeness (QED) is 0.296. The molecule has 0 aliphatic heterocycles. The normalized spacial score (nSPS) is 10.5. The topological polar surface area (TPSA) is 69.7 Å². The van der Waals surface area contributed by atoms with Gasteiger partial charge in [0.15, 0.2) is 5.78 Å². The Labute approximate surface area is 133 Å². The third kappa shape index (κ3) is 8.80. The minimum atomic E-state index is -1.42. The van der Waals surface area contributed by atoms with E-state index >= 15 is 0 Å². The van der Waals surface area contributed by atoms with E-state index in [0.29, 0.717) is 6.42 Å². The van der Waals surface area contributed by atoms with Gasteiger partial charge in [0.2, 0.25) is 5.92 Å². The monoisotopic (exact) mass is 314 g/mol. The Bertz CT molecular complexity index is 320. The average molecular weight is 314 g/mol. The molecule has 128 valence electrons. The molecule has 0 saturated carbocycles. The second-order valence-electron chi connectivity index (χ2n) is 5.27. The lowest BCUT2D eigenvalue weighted by molar-refractivity contribution is -0.164. The molecule has 0 aliphatic carbocycles. The molecule has 0 saturated heterocycles. The summed E-state index contributed by atoms with van der Waals surface area (Å²) >= 11 is 0. The highest BCUT2D eigenvalue weighted by atomic mass is 16.6. The number of esters is 2. The van der Waals surface area contributed by atoms with Crippen LogP contribution in [0.2, 0.25) is 0 Å². The zero-order valence-electron chi connectivity index (χ0n) is 14.2. The predicted molar refractivity (Wildman–Crippen MR) is 84.4 cm³/mol. The summed E-state index contributed by atoms with van der Waals surface area (Å²) in [6.07, 6.45) is 7.77. The highest BCUT2D eigenvalue weighted by Gasteiger charge is 2.35. The number of carbonyl (C=O) groups is 3. The van der Waals surface area contributed by atoms with Gasteiger partial charge < -0.3 is 9.47 Å². The Morgan fingerprint density at radius 3 is 1.64 bits per heavy atom. The predicted octanol–water partition coefficient (Wildman–Crippen LogP) is 3.44. The standard InChI is InChI=1S/C17H30O5/c1-4-7-8-9-10-11-12-13-14(18)15(16(19)21-5-2)17(20)22-6-3/h15H,4-13H2,1-3H3. The van der Waals surface area contributed by atoms with Crippen LogP contribution in [0.3, 0.4) is 0 Å². The molecule has 0 atom stereocenters. The van der Waals surface area contributed by atoms with Crippen molar-refractivity contribution in [2.24, 2.45) is 5.92 Å². The summed E-state index contributed by atoms with van der Waals surface area (Å²) < 4.78 is 9.61. The molecular formula is C17H30O5. The van der Waals surface area contributed by atoms with E-state index in [1.54, 1.807) is 13.8 Å². The lowest BCUT2D eigenvalue weighted by Gasteiger charge is -2.13. The van der Waals surface area contributed by atoms with Crippen molar-refractivity contribution in [3.05, 3.63) is 0 Å². The number of hydrogen-bond donors (Lipinski definition) is 0. The second kappa shape index (κ2) is 13.3. The first-order valence-electron chi connectivity index (χ1n) is 8.44. The van der Waals surface area contributed by atoms with Gasteiger partial charge >= 0.3 is 11.9 Å². The smallest absolute Gasteiger partial charge is 0.328 e. The molecule has 0 N–H and O–H groups in total. The van der Waals surface area contributed by atoms with Crippen LogP contribution in [0.5, 0.6) is 0 Å². The average Bonchev–Trinajstić information content (AvgIpc) is 2.47. The number of Topliss-reactive ketones (excluding diaryl/α,β-unsaturated/α-hetero) is 1. The fourth-order valence-corrected chi connectivity index (χ4v) is 2.21. The summed E-state index contributed by atoms with van der Waals surface area (Å²) in [5, 5.41) is 0. The van der Waals surface area contributed by atoms with E-state index in [0.717, 1.165) is 12.8 Å². The molecule has 5 heteroatoms. The molecule has 0 aromatic carbocycles. The maximum absolute atomic E-state index is 12.1. The lowest BCUT2D eigenvalue weighted by atomic mass is 9.98. The van der Waals surface area contributed by atoms with Crippen LogP contribution in [0.1, 0.15) is 72.1 Å². The first-order chi connectivity index (χ1) is 10.6. The molecule has 0 unspecified atom stereocenters. The van der Waals surface area contributed by atoms with Crippen molar-refractivity contribution in [3.8, 4) is 0 Å². The van der Waals surface area contributed by atoms with Crippen LogP contribution in [0, 0.1) is 5.92 Å². The summed E-state index contributed by atoms with van der Waals surface area (Å²) in [5.74, 6) is -3.41. The van der Waals surface area contributed by atoms with Crippen molar-refractivity contribution in [1.29, 1.82) is 0 Å². The molecule has 0 fully saturated rings. The van der Waals surface area contributed by atoms with E-state index in [-0.39, 0.29) is 19.6 Å². The third-order valence-corrected chi connectivity index (χ3v) is 3.39. The van der Waals surface area contributed by atoms with Gasteiger partial charge in [-0.25, -0.2) is 0 Å². The molecule has 0 bridgehead atoms. The summed E-state index contributed by atoms with van der Waals surface area (Å²) in [7, 11) is 0. The van der Waals surface area contributed by atoms with Crippen molar-refractivity contribution in [1.82, 2.24) is 0 Å². The lowest BCUT2D eigenvalue weighted by Crippen LogP contribution is -2.34. The largest absolute Gasteiger partial charge is 0.465 e. The highest BCUT2D eigenvalue weighted by molar-refractivity contribution is 6.14. The highest BCUT2D eigenvalue weighted by Crippen LogP contribution is 2.13. The van der Waals surface area contributed by atoms with E-state index in [2.05, 4.69) is 6.92 Å². The van der Waals surface area contributed by atoms with E-state index in [1.165, 1.54) is 25.7 Å². The number of rotatable bonds is 13. The van der Waals surface area contributed by atoms with Crippen molar-refractivity contribution in [3.63, 3.8) is 0 Å². The Balaban J connectivity index is 4.22. The number of carbonyl (C=O) groups excluding carboxylic acids is 3. The molecule has 0 radical (unpaired) electrons. The summed E-state index contributed by atoms with van der Waals surface area (Å²) in [5.41, 5.74) is 0. The van der Waals surface area contributed by atoms with Crippen LogP contribution >= 0.6 is 0 Å². The van der Waals surface area contributed by atoms with Crippen LogP contribution in [0.4, 0.5) is 0 Å². The first-order valence-corrected chi connectivity index (χ1v) is 8.44. The van der Waals surface area contributed by atoms with Gasteiger partial charge in [-0.1, -0.05) is 45.4 Å². The van der Waals surface area contributed by atoms with Crippen LogP contribution in [0.25, 0.3) is 0 Å². The molecule has 0 amide bonds. The van der Waals surface area contributed by atoms with Gasteiger partial charge in [0.1, 0.15) is 0 Å². The fourth-order valence-electron chi connectivity index (χ4n) is 2.21. The van der Waals surface area contributed by atoms with Gasteiger partial charge in [-0.2, -0.15) is 0 Å². The number of hydrogen-bond acceptors (Lipinski definition) is 5. The fraction of sp³-hybridized carbons (Fsp3) is 0.824. The Morgan fingerprint density at radius 1 is 0.727 bits per heavy atom.